The predicted octanol–water partition coefficient (Wildman–Crippen LogP) is 4.62. The zero-order valence-electron chi connectivity index (χ0n) is 18.5. The molecule has 166 valence electrons. The maximum Gasteiger partial charge on any atom is 0.348 e. The molecule has 0 atom stereocenters. The molecule has 2 rings (SSSR count). The fourth-order valence-corrected chi connectivity index (χ4v) is 4.12. The molecule has 0 amide bonds. The van der Waals surface area contributed by atoms with Gasteiger partial charge in [0.05, 0.1) is 31.0 Å². The largest absolute Gasteiger partial charge is 0.490 e. The van der Waals surface area contributed by atoms with Crippen molar-refractivity contribution >= 4 is 29.2 Å². The van der Waals surface area contributed by atoms with Crippen LogP contribution in [0.5, 0.6) is 11.5 Å². The lowest BCUT2D eigenvalue weighted by Crippen LogP contribution is -2.05. The molecule has 8 heteroatoms. The summed E-state index contributed by atoms with van der Waals surface area (Å²) >= 11 is 1.05. The Balaban J connectivity index is 2.35. The molecule has 0 unspecified atom stereocenters. The van der Waals surface area contributed by atoms with Crippen molar-refractivity contribution in [2.24, 2.45) is 0 Å². The number of carbonyl (C=O) groups is 2. The van der Waals surface area contributed by atoms with Crippen molar-refractivity contribution < 1.29 is 23.8 Å². The molecular weight excluding hydrogens is 428 g/mol. The van der Waals surface area contributed by atoms with Gasteiger partial charge >= 0.3 is 5.97 Å². The molecule has 0 aliphatic rings. The van der Waals surface area contributed by atoms with E-state index >= 15 is 0 Å². The Bertz CT molecular complexity index is 1120. The van der Waals surface area contributed by atoms with Gasteiger partial charge in [-0.15, -0.1) is 11.3 Å². The van der Waals surface area contributed by atoms with Gasteiger partial charge in [0.2, 0.25) is 0 Å². The molecule has 1 aromatic heterocycles. The summed E-state index contributed by atoms with van der Waals surface area (Å²) in [5, 5.41) is 19.1. The van der Waals surface area contributed by atoms with Crippen LogP contribution in [0.2, 0.25) is 0 Å². The zero-order chi connectivity index (χ0) is 23.7. The fourth-order valence-electron chi connectivity index (χ4n) is 2.98. The van der Waals surface area contributed by atoms with E-state index in [9.17, 15) is 20.1 Å². The van der Waals surface area contributed by atoms with E-state index < -0.39 is 11.8 Å². The standard InChI is InChI=1S/C24H24N2O5S/c1-5-29-20-9-8-16(11-21(20)30-6-2)10-17(13-25)19(27)12-22-18(14-26)15(4)23(32-22)24(28)31-7-3/h8-11H,5-7,12H2,1-4H3. The quantitative estimate of drug-likeness (QED) is 0.294. The van der Waals surface area contributed by atoms with Crippen molar-refractivity contribution in [2.45, 2.75) is 34.1 Å². The van der Waals surface area contributed by atoms with Crippen molar-refractivity contribution in [2.75, 3.05) is 19.8 Å². The second-order valence-electron chi connectivity index (χ2n) is 6.53. The first-order valence-electron chi connectivity index (χ1n) is 10.1. The molecule has 0 N–H and O–H groups in total. The monoisotopic (exact) mass is 452 g/mol. The third-order valence-corrected chi connectivity index (χ3v) is 5.68. The Hall–Kier alpha value is -3.62. The molecule has 0 bridgehead atoms. The molecule has 32 heavy (non-hydrogen) atoms. The Morgan fingerprint density at radius 1 is 1.06 bits per heavy atom. The van der Waals surface area contributed by atoms with Gasteiger partial charge in [-0.1, -0.05) is 6.07 Å². The summed E-state index contributed by atoms with van der Waals surface area (Å²) in [6.07, 6.45) is 1.31. The Morgan fingerprint density at radius 2 is 1.75 bits per heavy atom. The summed E-state index contributed by atoms with van der Waals surface area (Å²) in [6, 6.07) is 9.14. The van der Waals surface area contributed by atoms with Crippen LogP contribution in [-0.2, 0) is 16.0 Å². The highest BCUT2D eigenvalue weighted by Gasteiger charge is 2.23. The first-order valence-corrected chi connectivity index (χ1v) is 11.0. The number of rotatable bonds is 10. The van der Waals surface area contributed by atoms with Gasteiger partial charge in [-0.3, -0.25) is 4.79 Å². The van der Waals surface area contributed by atoms with Crippen molar-refractivity contribution in [3.05, 3.63) is 50.2 Å². The van der Waals surface area contributed by atoms with Crippen LogP contribution in [0.25, 0.3) is 6.08 Å². The topological polar surface area (TPSA) is 109 Å². The number of hydrogen-bond acceptors (Lipinski definition) is 8. The number of allylic oxidation sites excluding steroid dienone is 1. The number of ketones is 1. The van der Waals surface area contributed by atoms with E-state index in [1.165, 1.54) is 6.08 Å². The summed E-state index contributed by atoms with van der Waals surface area (Å²) in [5.41, 5.74) is 1.29. The van der Waals surface area contributed by atoms with Crippen molar-refractivity contribution in [3.63, 3.8) is 0 Å². The number of hydrogen-bond donors (Lipinski definition) is 0. The number of nitriles is 2. The highest BCUT2D eigenvalue weighted by atomic mass is 32.1. The molecule has 7 nitrogen and oxygen atoms in total. The van der Waals surface area contributed by atoms with Gasteiger partial charge in [-0.05, 0) is 57.0 Å². The molecule has 1 aromatic carbocycles. The normalized spacial score (nSPS) is 10.8. The fraction of sp³-hybridized carbons (Fsp3) is 0.333. The molecule has 0 saturated carbocycles. The lowest BCUT2D eigenvalue weighted by Gasteiger charge is -2.11. The second kappa shape index (κ2) is 11.7. The molecule has 0 radical (unpaired) electrons. The SMILES string of the molecule is CCOC(=O)c1sc(CC(=O)C(C#N)=Cc2ccc(OCC)c(OCC)c2)c(C#N)c1C. The number of ether oxygens (including phenoxy) is 3. The highest BCUT2D eigenvalue weighted by Crippen LogP contribution is 2.31. The molecule has 0 aliphatic carbocycles. The van der Waals surface area contributed by atoms with Crippen LogP contribution < -0.4 is 9.47 Å². The molecule has 0 fully saturated rings. The van der Waals surface area contributed by atoms with Crippen LogP contribution in [-0.4, -0.2) is 31.6 Å². The van der Waals surface area contributed by atoms with E-state index in [1.54, 1.807) is 32.0 Å². The van der Waals surface area contributed by atoms with Gasteiger partial charge in [0, 0.05) is 11.3 Å². The summed E-state index contributed by atoms with van der Waals surface area (Å²) in [5.74, 6) is 0.120. The van der Waals surface area contributed by atoms with E-state index in [2.05, 4.69) is 6.07 Å². The summed E-state index contributed by atoms with van der Waals surface area (Å²) in [4.78, 5) is 25.7. The minimum absolute atomic E-state index is 0.0655. The maximum atomic E-state index is 12.8. The van der Waals surface area contributed by atoms with E-state index in [-0.39, 0.29) is 24.2 Å². The lowest BCUT2D eigenvalue weighted by molar-refractivity contribution is -0.114. The average Bonchev–Trinajstić information content (AvgIpc) is 3.09. The van der Waals surface area contributed by atoms with Crippen LogP contribution >= 0.6 is 11.3 Å². The van der Waals surface area contributed by atoms with Gasteiger partial charge < -0.3 is 14.2 Å². The second-order valence-corrected chi connectivity index (χ2v) is 7.63. The lowest BCUT2D eigenvalue weighted by atomic mass is 10.0. The third-order valence-electron chi connectivity index (χ3n) is 4.41. The minimum Gasteiger partial charge on any atom is -0.490 e. The van der Waals surface area contributed by atoms with Crippen LogP contribution in [0.4, 0.5) is 0 Å². The summed E-state index contributed by atoms with van der Waals surface area (Å²) in [6.45, 7) is 8.18. The molecule has 1 heterocycles. The number of benzene rings is 1. The number of nitrogens with zero attached hydrogens (tertiary/aromatic N) is 2. The molecule has 0 saturated heterocycles. The zero-order valence-corrected chi connectivity index (χ0v) is 19.3. The van der Waals surface area contributed by atoms with Gasteiger partial charge in [0.15, 0.2) is 17.3 Å². The molecule has 0 spiro atoms. The van der Waals surface area contributed by atoms with Crippen LogP contribution in [0.1, 0.15) is 52.0 Å². The number of esters is 1. The Labute approximate surface area is 191 Å². The summed E-state index contributed by atoms with van der Waals surface area (Å²) < 4.78 is 16.1. The third kappa shape index (κ3) is 5.75. The van der Waals surface area contributed by atoms with Gasteiger partial charge in [-0.2, -0.15) is 10.5 Å². The van der Waals surface area contributed by atoms with Crippen LogP contribution in [0.15, 0.2) is 23.8 Å². The van der Waals surface area contributed by atoms with Gasteiger partial charge in [0.25, 0.3) is 0 Å². The van der Waals surface area contributed by atoms with E-state index in [0.29, 0.717) is 45.6 Å². The maximum absolute atomic E-state index is 12.8. The van der Waals surface area contributed by atoms with Crippen LogP contribution in [0, 0.1) is 29.6 Å². The molecular formula is C24H24N2O5S. The summed E-state index contributed by atoms with van der Waals surface area (Å²) in [7, 11) is 0. The number of thiophene rings is 1. The molecule has 2 aromatic rings. The van der Waals surface area contributed by atoms with Gasteiger partial charge in [0.1, 0.15) is 17.0 Å². The average molecular weight is 453 g/mol. The smallest absolute Gasteiger partial charge is 0.348 e. The Morgan fingerprint density at radius 3 is 2.34 bits per heavy atom. The van der Waals surface area contributed by atoms with Crippen LogP contribution in [0.3, 0.4) is 0 Å². The van der Waals surface area contributed by atoms with E-state index in [1.807, 2.05) is 19.9 Å². The number of Topliss-reactive ketones (excluding diaryl/α,β-unsaturated/α-hetero) is 1. The van der Waals surface area contributed by atoms with Gasteiger partial charge in [-0.25, -0.2) is 4.79 Å². The van der Waals surface area contributed by atoms with Crippen molar-refractivity contribution in [3.8, 4) is 23.6 Å². The Kier molecular flexibility index (Phi) is 9.00. The first-order chi connectivity index (χ1) is 15.4. The predicted molar refractivity (Wildman–Crippen MR) is 121 cm³/mol. The molecule has 0 aliphatic heterocycles. The van der Waals surface area contributed by atoms with E-state index in [4.69, 9.17) is 14.2 Å². The highest BCUT2D eigenvalue weighted by molar-refractivity contribution is 7.14. The minimum atomic E-state index is -0.529. The first kappa shape index (κ1) is 24.6. The van der Waals surface area contributed by atoms with E-state index in [0.717, 1.165) is 11.3 Å². The van der Waals surface area contributed by atoms with Crippen molar-refractivity contribution in [1.29, 1.82) is 10.5 Å². The number of carbonyl (C=O) groups excluding carboxylic acids is 2. The van der Waals surface area contributed by atoms with Crippen molar-refractivity contribution in [1.82, 2.24) is 0 Å².